The lowest BCUT2D eigenvalue weighted by Gasteiger charge is -2.19. The number of carbonyl (C=O) groups is 1. The van der Waals surface area contributed by atoms with Gasteiger partial charge in [-0.3, -0.25) is 15.0 Å². The number of aromatic nitrogens is 1. The molecular weight excluding hydrogens is 236 g/mol. The molecule has 1 aliphatic carbocycles. The van der Waals surface area contributed by atoms with Gasteiger partial charge in [0.25, 0.3) is 5.71 Å². The zero-order valence-corrected chi connectivity index (χ0v) is 9.57. The van der Waals surface area contributed by atoms with E-state index in [1.165, 1.54) is 7.11 Å². The Bertz CT molecular complexity index is 579. The number of hydrogen-bond donors (Lipinski definition) is 0. The molecule has 0 saturated carbocycles. The number of fused-ring (bicyclic) bond motifs is 3. The third-order valence-corrected chi connectivity index (χ3v) is 3.09. The summed E-state index contributed by atoms with van der Waals surface area (Å²) in [7, 11) is 1.27. The second kappa shape index (κ2) is 3.83. The lowest BCUT2D eigenvalue weighted by molar-refractivity contribution is -0.737. The highest BCUT2D eigenvalue weighted by molar-refractivity contribution is 6.05. The van der Waals surface area contributed by atoms with Crippen molar-refractivity contribution in [2.45, 2.75) is 12.0 Å². The molecule has 1 aromatic heterocycles. The highest BCUT2D eigenvalue weighted by atomic mass is 16.9. The monoisotopic (exact) mass is 246 g/mol. The van der Waals surface area contributed by atoms with Gasteiger partial charge in [-0.2, -0.15) is 0 Å². The smallest absolute Gasteiger partial charge is 0.326 e. The number of esters is 1. The van der Waals surface area contributed by atoms with Gasteiger partial charge in [0, 0.05) is 17.2 Å². The number of hydrogen-bond acceptors (Lipinski definition) is 5. The van der Waals surface area contributed by atoms with Crippen molar-refractivity contribution in [3.8, 4) is 0 Å². The van der Waals surface area contributed by atoms with Gasteiger partial charge in [-0.05, 0) is 17.7 Å². The van der Waals surface area contributed by atoms with Gasteiger partial charge in [-0.1, -0.05) is 6.07 Å². The molecular formula is C12H10N2O4. The van der Waals surface area contributed by atoms with Crippen LogP contribution in [0.3, 0.4) is 0 Å². The van der Waals surface area contributed by atoms with Gasteiger partial charge in [0.05, 0.1) is 12.8 Å². The number of pyridine rings is 1. The second-order valence-electron chi connectivity index (χ2n) is 4.02. The van der Waals surface area contributed by atoms with Crippen LogP contribution >= 0.6 is 0 Å². The van der Waals surface area contributed by atoms with Gasteiger partial charge in [-0.15, -0.1) is 0 Å². The molecule has 18 heavy (non-hydrogen) atoms. The first kappa shape index (κ1) is 10.8. The number of allylic oxidation sites excluding steroid dienone is 1. The number of ether oxygens (including phenoxy) is 1. The lowest BCUT2D eigenvalue weighted by atomic mass is 9.84. The minimum absolute atomic E-state index is 0.374. The predicted octanol–water partition coefficient (Wildman–Crippen LogP) is 0.630. The maximum absolute atomic E-state index is 11.7. The van der Waals surface area contributed by atoms with Crippen LogP contribution in [0.4, 0.5) is 0 Å². The van der Waals surface area contributed by atoms with Crippen LogP contribution in [0, 0.1) is 5.21 Å². The molecule has 0 bridgehead atoms. The van der Waals surface area contributed by atoms with Crippen molar-refractivity contribution in [2.75, 3.05) is 7.11 Å². The zero-order valence-electron chi connectivity index (χ0n) is 9.57. The van der Waals surface area contributed by atoms with Crippen molar-refractivity contribution in [3.63, 3.8) is 0 Å². The third-order valence-electron chi connectivity index (χ3n) is 3.09. The van der Waals surface area contributed by atoms with Crippen LogP contribution in [-0.2, 0) is 14.4 Å². The molecule has 0 saturated heterocycles. The quantitative estimate of drug-likeness (QED) is 0.536. The topological polar surface area (TPSA) is 74.5 Å². The molecule has 0 amide bonds. The summed E-state index contributed by atoms with van der Waals surface area (Å²) in [6.45, 7) is 0. The highest BCUT2D eigenvalue weighted by Gasteiger charge is 2.46. The van der Waals surface area contributed by atoms with E-state index >= 15 is 0 Å². The minimum Gasteiger partial charge on any atom is -0.468 e. The van der Waals surface area contributed by atoms with Crippen LogP contribution in [0.25, 0.3) is 6.08 Å². The second-order valence-corrected chi connectivity index (χ2v) is 4.02. The van der Waals surface area contributed by atoms with Gasteiger partial charge >= 0.3 is 5.97 Å². The molecule has 6 nitrogen and oxygen atoms in total. The van der Waals surface area contributed by atoms with E-state index in [2.05, 4.69) is 9.72 Å². The number of carbonyl (C=O) groups excluding carboxylic acids is 1. The molecule has 0 spiro atoms. The average molecular weight is 246 g/mol. The molecule has 1 aliphatic heterocycles. The summed E-state index contributed by atoms with van der Waals surface area (Å²) in [5.74, 6) is -1.02. The van der Waals surface area contributed by atoms with Crippen molar-refractivity contribution in [1.82, 2.24) is 4.98 Å². The van der Waals surface area contributed by atoms with Gasteiger partial charge < -0.3 is 9.57 Å². The fraction of sp³-hybridized carbons (Fsp3) is 0.250. The van der Waals surface area contributed by atoms with Gasteiger partial charge in [0.1, 0.15) is 5.92 Å². The first-order valence-electron chi connectivity index (χ1n) is 5.44. The molecule has 0 aromatic carbocycles. The lowest BCUT2D eigenvalue weighted by Crippen LogP contribution is -2.31. The fourth-order valence-electron chi connectivity index (χ4n) is 2.27. The average Bonchev–Trinajstić information content (AvgIpc) is 2.76. The number of methoxy groups -OCH3 is 1. The summed E-state index contributed by atoms with van der Waals surface area (Å²) in [6.07, 6.45) is 4.06. The first-order valence-corrected chi connectivity index (χ1v) is 5.44. The maximum Gasteiger partial charge on any atom is 0.326 e. The molecule has 0 fully saturated rings. The molecule has 0 radical (unpaired) electrons. The molecule has 2 unspecified atom stereocenters. The summed E-state index contributed by atoms with van der Waals surface area (Å²) in [6, 6.07) is 3.59. The van der Waals surface area contributed by atoms with Gasteiger partial charge in [0.2, 0.25) is 0 Å². The van der Waals surface area contributed by atoms with Crippen molar-refractivity contribution >= 4 is 17.8 Å². The maximum atomic E-state index is 11.7. The van der Waals surface area contributed by atoms with Crippen molar-refractivity contribution < 1.29 is 19.3 Å². The molecule has 3 rings (SSSR count). The Morgan fingerprint density at radius 3 is 3.17 bits per heavy atom. The van der Waals surface area contributed by atoms with E-state index in [4.69, 9.17) is 4.84 Å². The third kappa shape index (κ3) is 1.38. The van der Waals surface area contributed by atoms with E-state index in [9.17, 15) is 10.0 Å². The van der Waals surface area contributed by atoms with Gasteiger partial charge in [0.15, 0.2) is 6.10 Å². The van der Waals surface area contributed by atoms with Crippen molar-refractivity contribution in [2.24, 2.45) is 0 Å². The largest absolute Gasteiger partial charge is 0.468 e. The van der Waals surface area contributed by atoms with Crippen molar-refractivity contribution in [3.05, 3.63) is 40.9 Å². The van der Waals surface area contributed by atoms with Crippen LogP contribution in [0.15, 0.2) is 24.4 Å². The molecule has 6 heteroatoms. The van der Waals surface area contributed by atoms with Crippen LogP contribution < -0.4 is 0 Å². The summed E-state index contributed by atoms with van der Waals surface area (Å²) in [4.78, 5) is 21.2. The van der Waals surface area contributed by atoms with E-state index in [-0.39, 0.29) is 0 Å². The highest BCUT2D eigenvalue weighted by Crippen LogP contribution is 2.35. The van der Waals surface area contributed by atoms with Crippen LogP contribution in [0.2, 0.25) is 0 Å². The van der Waals surface area contributed by atoms with Gasteiger partial charge in [-0.25, -0.2) is 0 Å². The molecule has 92 valence electrons. The Morgan fingerprint density at radius 2 is 2.39 bits per heavy atom. The molecule has 1 aromatic rings. The summed E-state index contributed by atoms with van der Waals surface area (Å²) in [5, 5.41) is 11.6. The normalized spacial score (nSPS) is 24.3. The Hall–Kier alpha value is -2.37. The Labute approximate surface area is 103 Å². The molecule has 2 heterocycles. The Morgan fingerprint density at radius 1 is 1.56 bits per heavy atom. The Balaban J connectivity index is 2.11. The Kier molecular flexibility index (Phi) is 2.29. The predicted molar refractivity (Wildman–Crippen MR) is 61.5 cm³/mol. The van der Waals surface area contributed by atoms with Crippen molar-refractivity contribution in [1.29, 1.82) is 0 Å². The van der Waals surface area contributed by atoms with E-state index in [1.807, 2.05) is 6.07 Å². The first-order chi connectivity index (χ1) is 8.72. The standard InChI is InChI=1S/C12H10N2O4/c1-17-12(15)11-10-7-3-2-6-13-8(7)4-5-9(10)14(16)18-11/h2-6,10-11H,1H3. The summed E-state index contributed by atoms with van der Waals surface area (Å²) >= 11 is 0. The fourth-order valence-corrected chi connectivity index (χ4v) is 2.27. The van der Waals surface area contributed by atoms with Crippen LogP contribution in [-0.4, -0.2) is 34.8 Å². The minimum atomic E-state index is -0.949. The SMILES string of the molecule is COC(=O)C1O[N+]([O-])=C2C=Cc3ncccc3C21. The van der Waals surface area contributed by atoms with Crippen LogP contribution in [0.5, 0.6) is 0 Å². The molecule has 2 atom stereocenters. The van der Waals surface area contributed by atoms with E-state index in [0.29, 0.717) is 10.6 Å². The van der Waals surface area contributed by atoms with E-state index < -0.39 is 18.0 Å². The summed E-state index contributed by atoms with van der Waals surface area (Å²) < 4.78 is 4.66. The zero-order chi connectivity index (χ0) is 12.7. The van der Waals surface area contributed by atoms with E-state index in [1.54, 1.807) is 24.4 Å². The molecule has 2 aliphatic rings. The van der Waals surface area contributed by atoms with Crippen LogP contribution in [0.1, 0.15) is 17.2 Å². The summed E-state index contributed by atoms with van der Waals surface area (Å²) in [5.41, 5.74) is 1.92. The number of rotatable bonds is 1. The van der Waals surface area contributed by atoms with E-state index in [0.717, 1.165) is 11.3 Å². The number of nitrogens with zero attached hydrogens (tertiary/aromatic N) is 2. The molecule has 0 N–H and O–H groups in total.